The van der Waals surface area contributed by atoms with E-state index in [-0.39, 0.29) is 12.6 Å². The first-order chi connectivity index (χ1) is 9.33. The van der Waals surface area contributed by atoms with E-state index in [0.29, 0.717) is 0 Å². The summed E-state index contributed by atoms with van der Waals surface area (Å²) in [5.41, 5.74) is 0. The number of nitrogens with zero attached hydrogens (tertiary/aromatic N) is 2. The van der Waals surface area contributed by atoms with E-state index in [1.807, 2.05) is 0 Å². The van der Waals surface area contributed by atoms with Crippen molar-refractivity contribution in [3.05, 3.63) is 0 Å². The molecule has 19 heavy (non-hydrogen) atoms. The van der Waals surface area contributed by atoms with Gasteiger partial charge < -0.3 is 15.3 Å². The number of likely N-dealkylation sites (tertiary alicyclic amines) is 2. The van der Waals surface area contributed by atoms with E-state index >= 15 is 0 Å². The van der Waals surface area contributed by atoms with Crippen LogP contribution in [0.25, 0.3) is 0 Å². The number of nitrogens with one attached hydrogen (secondary N) is 1. The molecule has 2 aliphatic rings. The normalized spacial score (nSPS) is 27.8. The van der Waals surface area contributed by atoms with Gasteiger partial charge in [-0.15, -0.1) is 0 Å². The quantitative estimate of drug-likeness (QED) is 0.720. The van der Waals surface area contributed by atoms with Crippen molar-refractivity contribution in [1.82, 2.24) is 15.1 Å². The smallest absolute Gasteiger partial charge is 0.0597 e. The summed E-state index contributed by atoms with van der Waals surface area (Å²) in [5, 5.41) is 12.9. The molecule has 2 atom stereocenters. The highest BCUT2D eigenvalue weighted by atomic mass is 16.3. The number of piperidine rings is 1. The molecule has 0 bridgehead atoms. The summed E-state index contributed by atoms with van der Waals surface area (Å²) < 4.78 is 0. The second kappa shape index (κ2) is 8.20. The molecule has 2 saturated heterocycles. The lowest BCUT2D eigenvalue weighted by Gasteiger charge is -2.32. The molecule has 4 nitrogen and oxygen atoms in total. The van der Waals surface area contributed by atoms with Crippen LogP contribution in [-0.4, -0.2) is 72.9 Å². The largest absolute Gasteiger partial charge is 0.395 e. The minimum Gasteiger partial charge on any atom is -0.395 e. The Hall–Kier alpha value is -0.160. The lowest BCUT2D eigenvalue weighted by atomic mass is 10.1. The van der Waals surface area contributed by atoms with Crippen LogP contribution in [0.4, 0.5) is 0 Å². The molecule has 112 valence electrons. The van der Waals surface area contributed by atoms with Gasteiger partial charge in [0.1, 0.15) is 0 Å². The van der Waals surface area contributed by atoms with Crippen molar-refractivity contribution in [3.8, 4) is 0 Å². The van der Waals surface area contributed by atoms with Crippen LogP contribution in [0.2, 0.25) is 0 Å². The fourth-order valence-corrected chi connectivity index (χ4v) is 3.41. The predicted molar refractivity (Wildman–Crippen MR) is 79.4 cm³/mol. The number of rotatable bonds is 7. The average molecular weight is 269 g/mol. The van der Waals surface area contributed by atoms with Crippen LogP contribution >= 0.6 is 0 Å². The summed E-state index contributed by atoms with van der Waals surface area (Å²) in [7, 11) is 0. The highest BCUT2D eigenvalue weighted by Crippen LogP contribution is 2.20. The van der Waals surface area contributed by atoms with Gasteiger partial charge in [0.2, 0.25) is 0 Å². The predicted octanol–water partition coefficient (Wildman–Crippen LogP) is 0.907. The number of aliphatic hydroxyl groups excluding tert-OH is 1. The summed E-state index contributed by atoms with van der Waals surface area (Å²) in [6, 6.07) is 1.02. The molecule has 2 aliphatic heterocycles. The maximum atomic E-state index is 9.43. The van der Waals surface area contributed by atoms with Crippen LogP contribution in [0.5, 0.6) is 0 Å². The van der Waals surface area contributed by atoms with Crippen molar-refractivity contribution in [2.75, 3.05) is 45.9 Å². The van der Waals surface area contributed by atoms with Crippen LogP contribution in [0.3, 0.4) is 0 Å². The van der Waals surface area contributed by atoms with Gasteiger partial charge in [-0.2, -0.15) is 0 Å². The van der Waals surface area contributed by atoms with Crippen molar-refractivity contribution >= 4 is 0 Å². The number of hydrogen-bond acceptors (Lipinski definition) is 4. The Morgan fingerprint density at radius 2 is 2.00 bits per heavy atom. The van der Waals surface area contributed by atoms with Gasteiger partial charge in [0.25, 0.3) is 0 Å². The minimum absolute atomic E-state index is 0.250. The molecule has 0 aromatic heterocycles. The van der Waals surface area contributed by atoms with Crippen LogP contribution in [0.15, 0.2) is 0 Å². The van der Waals surface area contributed by atoms with Crippen LogP contribution in [0.1, 0.15) is 39.0 Å². The molecule has 0 saturated carbocycles. The van der Waals surface area contributed by atoms with E-state index in [9.17, 15) is 5.11 Å². The minimum atomic E-state index is 0.250. The summed E-state index contributed by atoms with van der Waals surface area (Å²) in [5.74, 6) is 0. The van der Waals surface area contributed by atoms with E-state index in [1.165, 1.54) is 51.9 Å². The molecule has 0 aliphatic carbocycles. The molecule has 0 spiro atoms. The molecule has 2 unspecified atom stereocenters. The van der Waals surface area contributed by atoms with Gasteiger partial charge in [0, 0.05) is 25.2 Å². The lowest BCUT2D eigenvalue weighted by Crippen LogP contribution is -2.45. The van der Waals surface area contributed by atoms with Gasteiger partial charge >= 0.3 is 0 Å². The zero-order valence-electron chi connectivity index (χ0n) is 12.5. The number of hydrogen-bond donors (Lipinski definition) is 2. The van der Waals surface area contributed by atoms with Crippen LogP contribution < -0.4 is 5.32 Å². The van der Waals surface area contributed by atoms with Crippen LogP contribution in [0, 0.1) is 0 Å². The molecule has 2 rings (SSSR count). The molecule has 0 amide bonds. The number of aliphatic hydroxyl groups is 1. The van der Waals surface area contributed by atoms with E-state index in [1.54, 1.807) is 0 Å². The van der Waals surface area contributed by atoms with Gasteiger partial charge in [0.15, 0.2) is 0 Å². The molecule has 2 fully saturated rings. The second-order valence-electron chi connectivity index (χ2n) is 6.13. The zero-order valence-corrected chi connectivity index (χ0v) is 12.5. The Labute approximate surface area is 118 Å². The maximum absolute atomic E-state index is 9.43. The van der Waals surface area contributed by atoms with Crippen molar-refractivity contribution in [2.45, 2.75) is 51.1 Å². The van der Waals surface area contributed by atoms with Crippen molar-refractivity contribution < 1.29 is 5.11 Å². The first-order valence-electron chi connectivity index (χ1n) is 8.14. The van der Waals surface area contributed by atoms with E-state index in [2.05, 4.69) is 22.0 Å². The third-order valence-electron chi connectivity index (χ3n) is 4.54. The Morgan fingerprint density at radius 1 is 1.21 bits per heavy atom. The third-order valence-corrected chi connectivity index (χ3v) is 4.54. The van der Waals surface area contributed by atoms with E-state index in [4.69, 9.17) is 0 Å². The summed E-state index contributed by atoms with van der Waals surface area (Å²) in [4.78, 5) is 5.22. The van der Waals surface area contributed by atoms with Gasteiger partial charge in [-0.1, -0.05) is 13.3 Å². The molecule has 0 aromatic carbocycles. The summed E-state index contributed by atoms with van der Waals surface area (Å²) in [6.07, 6.45) is 6.63. The summed E-state index contributed by atoms with van der Waals surface area (Å²) in [6.45, 7) is 9.44. The first-order valence-corrected chi connectivity index (χ1v) is 8.14. The Bertz CT molecular complexity index is 244. The van der Waals surface area contributed by atoms with Crippen molar-refractivity contribution in [3.63, 3.8) is 0 Å². The Morgan fingerprint density at radius 3 is 2.68 bits per heavy atom. The van der Waals surface area contributed by atoms with Gasteiger partial charge in [-0.25, -0.2) is 0 Å². The highest BCUT2D eigenvalue weighted by Gasteiger charge is 2.29. The van der Waals surface area contributed by atoms with Gasteiger partial charge in [-0.3, -0.25) is 4.90 Å². The molecule has 0 radical (unpaired) electrons. The first kappa shape index (κ1) is 15.2. The molecule has 0 aromatic rings. The monoisotopic (exact) mass is 269 g/mol. The van der Waals surface area contributed by atoms with Crippen LogP contribution in [-0.2, 0) is 0 Å². The van der Waals surface area contributed by atoms with E-state index in [0.717, 1.165) is 25.6 Å². The Balaban J connectivity index is 1.71. The second-order valence-corrected chi connectivity index (χ2v) is 6.13. The Kier molecular flexibility index (Phi) is 6.57. The van der Waals surface area contributed by atoms with Gasteiger partial charge in [-0.05, 0) is 51.9 Å². The fraction of sp³-hybridized carbons (Fsp3) is 1.00. The van der Waals surface area contributed by atoms with Gasteiger partial charge in [0.05, 0.1) is 6.61 Å². The molecule has 4 heteroatoms. The average Bonchev–Trinajstić information content (AvgIpc) is 2.93. The molecule has 2 N–H and O–H groups in total. The third kappa shape index (κ3) is 4.71. The van der Waals surface area contributed by atoms with Crippen molar-refractivity contribution in [1.29, 1.82) is 0 Å². The molecular weight excluding hydrogens is 238 g/mol. The zero-order chi connectivity index (χ0) is 13.5. The highest BCUT2D eigenvalue weighted by molar-refractivity contribution is 4.86. The SMILES string of the molecule is CCCNC(CO)CN1CCC(N2CCCCC2)C1. The fourth-order valence-electron chi connectivity index (χ4n) is 3.41. The lowest BCUT2D eigenvalue weighted by molar-refractivity contribution is 0.153. The topological polar surface area (TPSA) is 38.7 Å². The summed E-state index contributed by atoms with van der Waals surface area (Å²) >= 11 is 0. The van der Waals surface area contributed by atoms with Crippen molar-refractivity contribution in [2.24, 2.45) is 0 Å². The van der Waals surface area contributed by atoms with E-state index < -0.39 is 0 Å². The standard InChI is InChI=1S/C15H31N3O/c1-2-7-16-14(13-19)11-17-10-6-15(12-17)18-8-4-3-5-9-18/h14-16,19H,2-13H2,1H3. The maximum Gasteiger partial charge on any atom is 0.0597 e. The molecular formula is C15H31N3O. The molecule has 2 heterocycles.